The standard InChI is InChI=1S/C30H20Cl4N4O2/c31-21-10-6-19(25(33)16-21)8-14-29(39)35-24-12-13-27(38-37-23-4-2-1-3-5-23)28(18-24)36-30(40)15-9-20-7-11-22(32)17-26(20)34/h1-18H,(H,35,39)(H,36,40). The minimum atomic E-state index is -0.442. The van der Waals surface area contributed by atoms with Crippen LogP contribution in [0.2, 0.25) is 20.1 Å². The number of benzene rings is 4. The van der Waals surface area contributed by atoms with Crippen molar-refractivity contribution in [1.29, 1.82) is 0 Å². The van der Waals surface area contributed by atoms with Crippen LogP contribution in [0.3, 0.4) is 0 Å². The molecule has 2 amide bonds. The molecule has 40 heavy (non-hydrogen) atoms. The van der Waals surface area contributed by atoms with Crippen molar-refractivity contribution in [2.24, 2.45) is 10.2 Å². The van der Waals surface area contributed by atoms with Crippen LogP contribution in [0.15, 0.2) is 107 Å². The molecule has 0 aliphatic rings. The van der Waals surface area contributed by atoms with Gasteiger partial charge in [-0.15, -0.1) is 5.11 Å². The van der Waals surface area contributed by atoms with E-state index in [0.29, 0.717) is 54.0 Å². The van der Waals surface area contributed by atoms with Gasteiger partial charge in [-0.1, -0.05) is 76.7 Å². The summed E-state index contributed by atoms with van der Waals surface area (Å²) in [5.74, 6) is -0.845. The summed E-state index contributed by atoms with van der Waals surface area (Å²) in [5, 5.41) is 15.9. The molecule has 0 unspecified atom stereocenters. The summed E-state index contributed by atoms with van der Waals surface area (Å²) in [5.41, 5.74) is 3.05. The number of amides is 2. The van der Waals surface area contributed by atoms with Gasteiger partial charge >= 0.3 is 0 Å². The molecule has 0 aliphatic carbocycles. The van der Waals surface area contributed by atoms with Gasteiger partial charge in [0.15, 0.2) is 0 Å². The number of hydrogen-bond donors (Lipinski definition) is 2. The van der Waals surface area contributed by atoms with Gasteiger partial charge < -0.3 is 10.6 Å². The van der Waals surface area contributed by atoms with Crippen molar-refractivity contribution in [2.45, 2.75) is 0 Å². The smallest absolute Gasteiger partial charge is 0.248 e. The van der Waals surface area contributed by atoms with E-state index in [1.54, 1.807) is 78.9 Å². The fourth-order valence-electron chi connectivity index (χ4n) is 3.37. The average Bonchev–Trinajstić information content (AvgIpc) is 2.92. The van der Waals surface area contributed by atoms with Crippen molar-refractivity contribution >= 4 is 93.1 Å². The number of nitrogens with one attached hydrogen (secondary N) is 2. The van der Waals surface area contributed by atoms with Gasteiger partial charge in [-0.3, -0.25) is 9.59 Å². The Morgan fingerprint density at radius 1 is 0.625 bits per heavy atom. The third kappa shape index (κ3) is 8.53. The lowest BCUT2D eigenvalue weighted by Crippen LogP contribution is -2.10. The topological polar surface area (TPSA) is 82.9 Å². The normalized spacial score (nSPS) is 11.4. The minimum absolute atomic E-state index is 0.332. The number of azo groups is 1. The Bertz CT molecular complexity index is 1640. The molecule has 0 aliphatic heterocycles. The fraction of sp³-hybridized carbons (Fsp3) is 0. The van der Waals surface area contributed by atoms with Crippen LogP contribution in [-0.4, -0.2) is 11.8 Å². The largest absolute Gasteiger partial charge is 0.322 e. The van der Waals surface area contributed by atoms with E-state index >= 15 is 0 Å². The average molecular weight is 610 g/mol. The number of rotatable bonds is 8. The van der Waals surface area contributed by atoms with Crippen molar-refractivity contribution in [2.75, 3.05) is 10.6 Å². The lowest BCUT2D eigenvalue weighted by atomic mass is 10.2. The van der Waals surface area contributed by atoms with Crippen molar-refractivity contribution in [3.8, 4) is 0 Å². The van der Waals surface area contributed by atoms with E-state index in [9.17, 15) is 9.59 Å². The summed E-state index contributed by atoms with van der Waals surface area (Å²) >= 11 is 24.2. The van der Waals surface area contributed by atoms with Crippen molar-refractivity contribution in [1.82, 2.24) is 0 Å². The van der Waals surface area contributed by atoms with Crippen molar-refractivity contribution in [3.63, 3.8) is 0 Å². The van der Waals surface area contributed by atoms with Gasteiger partial charge in [0.05, 0.1) is 11.4 Å². The van der Waals surface area contributed by atoms with Crippen LogP contribution < -0.4 is 10.6 Å². The molecule has 0 spiro atoms. The first-order valence-corrected chi connectivity index (χ1v) is 13.3. The Morgan fingerprint density at radius 2 is 1.20 bits per heavy atom. The summed E-state index contributed by atoms with van der Waals surface area (Å²) in [4.78, 5) is 25.4. The third-order valence-electron chi connectivity index (χ3n) is 5.30. The Morgan fingerprint density at radius 3 is 1.77 bits per heavy atom. The van der Waals surface area contributed by atoms with Gasteiger partial charge in [-0.25, -0.2) is 0 Å². The van der Waals surface area contributed by atoms with Gasteiger partial charge in [0.1, 0.15) is 5.69 Å². The summed E-state index contributed by atoms with van der Waals surface area (Å²) in [6.07, 6.45) is 5.81. The second-order valence-corrected chi connectivity index (χ2v) is 9.93. The number of anilines is 2. The SMILES string of the molecule is O=C(C=Cc1ccc(Cl)cc1Cl)Nc1ccc(N=Nc2ccccc2)c(NC(=O)C=Cc2ccc(Cl)cc2Cl)c1. The third-order valence-corrected chi connectivity index (χ3v) is 6.43. The molecule has 2 N–H and O–H groups in total. The molecule has 200 valence electrons. The Labute approximate surface area is 250 Å². The number of carbonyl (C=O) groups is 2. The lowest BCUT2D eigenvalue weighted by Gasteiger charge is -2.10. The highest BCUT2D eigenvalue weighted by atomic mass is 35.5. The maximum Gasteiger partial charge on any atom is 0.248 e. The molecule has 6 nitrogen and oxygen atoms in total. The van der Waals surface area contributed by atoms with Gasteiger partial charge in [0.2, 0.25) is 11.8 Å². The molecule has 4 rings (SSSR count). The zero-order chi connectivity index (χ0) is 28.5. The zero-order valence-corrected chi connectivity index (χ0v) is 23.6. The van der Waals surface area contributed by atoms with E-state index < -0.39 is 11.8 Å². The molecule has 0 radical (unpaired) electrons. The molecule has 4 aromatic rings. The summed E-state index contributed by atoms with van der Waals surface area (Å²) in [7, 11) is 0. The molecule has 0 aromatic heterocycles. The van der Waals surface area contributed by atoms with Gasteiger partial charge in [0.25, 0.3) is 0 Å². The van der Waals surface area contributed by atoms with E-state index in [0.717, 1.165) is 0 Å². The molecule has 0 atom stereocenters. The zero-order valence-electron chi connectivity index (χ0n) is 20.6. The Hall–Kier alpha value is -3.94. The van der Waals surface area contributed by atoms with Crippen LogP contribution >= 0.6 is 46.4 Å². The Kier molecular flexibility index (Phi) is 10.1. The molecule has 0 saturated carbocycles. The number of nitrogens with zero attached hydrogens (tertiary/aromatic N) is 2. The van der Waals surface area contributed by atoms with E-state index in [1.807, 2.05) is 18.2 Å². The molecule has 0 fully saturated rings. The van der Waals surface area contributed by atoms with E-state index in [4.69, 9.17) is 46.4 Å². The highest BCUT2D eigenvalue weighted by Crippen LogP contribution is 2.31. The molecule has 10 heteroatoms. The molecule has 0 heterocycles. The molecule has 4 aromatic carbocycles. The van der Waals surface area contributed by atoms with Crippen LogP contribution in [0.25, 0.3) is 12.2 Å². The van der Waals surface area contributed by atoms with Crippen LogP contribution in [-0.2, 0) is 9.59 Å². The van der Waals surface area contributed by atoms with Crippen molar-refractivity contribution < 1.29 is 9.59 Å². The van der Waals surface area contributed by atoms with Gasteiger partial charge in [-0.2, -0.15) is 5.11 Å². The molecule has 0 bridgehead atoms. The number of hydrogen-bond acceptors (Lipinski definition) is 4. The second kappa shape index (κ2) is 13.9. The first-order chi connectivity index (χ1) is 19.3. The Balaban J connectivity index is 1.54. The quantitative estimate of drug-likeness (QED) is 0.154. The fourth-order valence-corrected chi connectivity index (χ4v) is 4.31. The highest BCUT2D eigenvalue weighted by molar-refractivity contribution is 6.36. The summed E-state index contributed by atoms with van der Waals surface area (Å²) in [6.45, 7) is 0. The van der Waals surface area contributed by atoms with Crippen molar-refractivity contribution in [3.05, 3.63) is 128 Å². The highest BCUT2D eigenvalue weighted by Gasteiger charge is 2.09. The molecule has 0 saturated heterocycles. The summed E-state index contributed by atoms with van der Waals surface area (Å²) < 4.78 is 0. The molecular weight excluding hydrogens is 590 g/mol. The van der Waals surface area contributed by atoms with E-state index in [1.165, 1.54) is 12.2 Å². The first kappa shape index (κ1) is 29.1. The maximum absolute atomic E-state index is 12.8. The number of carbonyl (C=O) groups excluding carboxylic acids is 2. The van der Waals surface area contributed by atoms with Crippen LogP contribution in [0.1, 0.15) is 11.1 Å². The van der Waals surface area contributed by atoms with Crippen LogP contribution in [0, 0.1) is 0 Å². The monoisotopic (exact) mass is 608 g/mol. The summed E-state index contributed by atoms with van der Waals surface area (Å²) in [6, 6.07) is 24.0. The van der Waals surface area contributed by atoms with E-state index in [-0.39, 0.29) is 0 Å². The first-order valence-electron chi connectivity index (χ1n) is 11.8. The minimum Gasteiger partial charge on any atom is -0.322 e. The van der Waals surface area contributed by atoms with E-state index in [2.05, 4.69) is 20.9 Å². The predicted molar refractivity (Wildman–Crippen MR) is 165 cm³/mol. The van der Waals surface area contributed by atoms with Gasteiger partial charge in [-0.05, 0) is 77.9 Å². The maximum atomic E-state index is 12.8. The lowest BCUT2D eigenvalue weighted by molar-refractivity contribution is -0.112. The predicted octanol–water partition coefficient (Wildman–Crippen LogP) is 10.0. The van der Waals surface area contributed by atoms with Crippen LogP contribution in [0.5, 0.6) is 0 Å². The van der Waals surface area contributed by atoms with Gasteiger partial charge in [0, 0.05) is 37.9 Å². The second-order valence-electron chi connectivity index (χ2n) is 8.24. The molecular formula is C30H20Cl4N4O2. The van der Waals surface area contributed by atoms with Crippen LogP contribution in [0.4, 0.5) is 22.7 Å². The number of halogens is 4.